The van der Waals surface area contributed by atoms with E-state index in [4.69, 9.17) is 9.72 Å². The Labute approximate surface area is 212 Å². The molecule has 2 aromatic rings. The van der Waals surface area contributed by atoms with Crippen LogP contribution in [0.5, 0.6) is 0 Å². The lowest BCUT2D eigenvalue weighted by Crippen LogP contribution is -2.43. The maximum absolute atomic E-state index is 13.1. The summed E-state index contributed by atoms with van der Waals surface area (Å²) < 4.78 is 34.4. The van der Waals surface area contributed by atoms with Gasteiger partial charge in [-0.3, -0.25) is 9.36 Å². The second-order valence-electron chi connectivity index (χ2n) is 10.8. The lowest BCUT2D eigenvalue weighted by atomic mass is 9.99. The quantitative estimate of drug-likeness (QED) is 0.571. The van der Waals surface area contributed by atoms with Gasteiger partial charge in [0.25, 0.3) is 5.56 Å². The molecule has 4 heterocycles. The number of sulfonamides is 1. The summed E-state index contributed by atoms with van der Waals surface area (Å²) in [6.07, 6.45) is 7.80. The van der Waals surface area contributed by atoms with Crippen LogP contribution in [0.1, 0.15) is 69.9 Å². The van der Waals surface area contributed by atoms with Crippen LogP contribution < -0.4 is 10.9 Å². The van der Waals surface area contributed by atoms with Crippen molar-refractivity contribution >= 4 is 27.0 Å². The fraction of sp³-hybridized carbons (Fsp3) is 0.720. The van der Waals surface area contributed by atoms with E-state index in [2.05, 4.69) is 10.3 Å². The molecule has 11 heteroatoms. The van der Waals surface area contributed by atoms with Gasteiger partial charge >= 0.3 is 0 Å². The Balaban J connectivity index is 1.28. The van der Waals surface area contributed by atoms with Gasteiger partial charge < -0.3 is 15.2 Å². The van der Waals surface area contributed by atoms with Crippen molar-refractivity contribution in [2.24, 2.45) is 0 Å². The van der Waals surface area contributed by atoms with Crippen molar-refractivity contribution < 1.29 is 18.3 Å². The molecule has 0 aromatic carbocycles. The van der Waals surface area contributed by atoms with Crippen LogP contribution >= 0.6 is 0 Å². The van der Waals surface area contributed by atoms with Gasteiger partial charge in [0.1, 0.15) is 5.65 Å². The molecule has 0 spiro atoms. The summed E-state index contributed by atoms with van der Waals surface area (Å²) in [5.41, 5.74) is 0.0125. The third-order valence-corrected chi connectivity index (χ3v) is 9.95. The average Bonchev–Trinajstić information content (AvgIpc) is 3.49. The summed E-state index contributed by atoms with van der Waals surface area (Å²) in [6, 6.07) is 1.49. The predicted molar refractivity (Wildman–Crippen MR) is 138 cm³/mol. The average molecular weight is 520 g/mol. The Kier molecular flexibility index (Phi) is 7.10. The highest BCUT2D eigenvalue weighted by Crippen LogP contribution is 2.39. The summed E-state index contributed by atoms with van der Waals surface area (Å²) in [6.45, 7) is 5.20. The van der Waals surface area contributed by atoms with E-state index in [1.165, 1.54) is 0 Å². The van der Waals surface area contributed by atoms with Crippen LogP contribution in [0.25, 0.3) is 11.0 Å². The van der Waals surface area contributed by atoms with Crippen LogP contribution in [0.4, 0.5) is 5.95 Å². The van der Waals surface area contributed by atoms with Crippen molar-refractivity contribution in [2.75, 3.05) is 30.8 Å². The third-order valence-electron chi connectivity index (χ3n) is 8.04. The van der Waals surface area contributed by atoms with Gasteiger partial charge in [-0.25, -0.2) is 17.7 Å². The first-order valence-corrected chi connectivity index (χ1v) is 14.7. The molecule has 3 fully saturated rings. The number of rotatable bonds is 7. The van der Waals surface area contributed by atoms with Crippen molar-refractivity contribution in [1.29, 1.82) is 0 Å². The van der Waals surface area contributed by atoms with Gasteiger partial charge in [0.05, 0.1) is 23.5 Å². The van der Waals surface area contributed by atoms with E-state index in [1.807, 2.05) is 0 Å². The molecule has 2 saturated heterocycles. The van der Waals surface area contributed by atoms with Crippen molar-refractivity contribution in [3.63, 3.8) is 0 Å². The number of aryl methyl sites for hydroxylation is 1. The number of piperidine rings is 1. The van der Waals surface area contributed by atoms with E-state index >= 15 is 0 Å². The normalized spacial score (nSPS) is 28.2. The number of anilines is 1. The molecule has 2 N–H and O–H groups in total. The third kappa shape index (κ3) is 5.16. The Bertz CT molecular complexity index is 1260. The molecule has 3 aliphatic rings. The van der Waals surface area contributed by atoms with Gasteiger partial charge in [-0.15, -0.1) is 0 Å². The van der Waals surface area contributed by atoms with Crippen molar-refractivity contribution in [1.82, 2.24) is 18.8 Å². The number of hydrogen-bond acceptors (Lipinski definition) is 8. The molecule has 1 aliphatic carbocycles. The van der Waals surface area contributed by atoms with Crippen molar-refractivity contribution in [2.45, 2.75) is 89.0 Å². The number of pyridine rings is 1. The fourth-order valence-electron chi connectivity index (χ4n) is 5.90. The molecule has 2 aliphatic heterocycles. The summed E-state index contributed by atoms with van der Waals surface area (Å²) in [7, 11) is -3.30. The Hall–Kier alpha value is -2.08. The zero-order valence-electron chi connectivity index (χ0n) is 21.1. The molecule has 5 rings (SSSR count). The summed E-state index contributed by atoms with van der Waals surface area (Å²) >= 11 is 0. The van der Waals surface area contributed by atoms with Gasteiger partial charge in [-0.2, -0.15) is 4.98 Å². The zero-order chi connectivity index (χ0) is 25.5. The maximum Gasteiger partial charge on any atom is 0.255 e. The molecular weight excluding hydrogens is 482 g/mol. The standard InChI is InChI=1S/C25H37N5O5S/c1-17-15-18-16-26-24(28-22(18)30(23(17)31)21-6-3-10-25(21,2)32)27-19-7-11-29(12-8-19)36(33,34)14-9-20-5-4-13-35-20/h15-16,19-21,32H,3-14H2,1-2H3,(H,26,27,28)/t20-,21-,25-/m0/s1. The number of fused-ring (bicyclic) bond motifs is 1. The van der Waals surface area contributed by atoms with Gasteiger partial charge in [-0.05, 0) is 71.3 Å². The fourth-order valence-corrected chi connectivity index (χ4v) is 7.48. The number of ether oxygens (including phenoxy) is 1. The molecule has 0 unspecified atom stereocenters. The number of hydrogen-bond donors (Lipinski definition) is 2. The van der Waals surface area contributed by atoms with Crippen LogP contribution in [-0.2, 0) is 14.8 Å². The van der Waals surface area contributed by atoms with Gasteiger partial charge in [0.2, 0.25) is 16.0 Å². The zero-order valence-corrected chi connectivity index (χ0v) is 22.0. The van der Waals surface area contributed by atoms with Gasteiger partial charge in [0.15, 0.2) is 0 Å². The monoisotopic (exact) mass is 519 g/mol. The highest BCUT2D eigenvalue weighted by molar-refractivity contribution is 7.89. The van der Waals surface area contributed by atoms with Gasteiger partial charge in [0, 0.05) is 42.9 Å². The molecule has 36 heavy (non-hydrogen) atoms. The Morgan fingerprint density at radius 2 is 2.00 bits per heavy atom. The van der Waals surface area contributed by atoms with E-state index < -0.39 is 15.6 Å². The molecule has 1 saturated carbocycles. The lowest BCUT2D eigenvalue weighted by molar-refractivity contribution is 0.0266. The molecule has 0 bridgehead atoms. The van der Waals surface area contributed by atoms with E-state index in [0.717, 1.165) is 37.7 Å². The van der Waals surface area contributed by atoms with Crippen LogP contribution in [-0.4, -0.2) is 75.6 Å². The van der Waals surface area contributed by atoms with E-state index in [-0.39, 0.29) is 29.5 Å². The second kappa shape index (κ2) is 10.00. The molecule has 10 nitrogen and oxygen atoms in total. The molecule has 0 radical (unpaired) electrons. The highest BCUT2D eigenvalue weighted by Gasteiger charge is 2.39. The van der Waals surface area contributed by atoms with Crippen molar-refractivity contribution in [3.05, 3.63) is 28.2 Å². The summed E-state index contributed by atoms with van der Waals surface area (Å²) in [4.78, 5) is 22.3. The molecular formula is C25H37N5O5S. The minimum atomic E-state index is -3.30. The maximum atomic E-state index is 13.1. The summed E-state index contributed by atoms with van der Waals surface area (Å²) in [5.74, 6) is 0.544. The van der Waals surface area contributed by atoms with E-state index in [1.54, 1.807) is 35.0 Å². The first kappa shape index (κ1) is 25.6. The Morgan fingerprint density at radius 1 is 1.22 bits per heavy atom. The smallest absolute Gasteiger partial charge is 0.255 e. The number of nitrogens with one attached hydrogen (secondary N) is 1. The van der Waals surface area contributed by atoms with Gasteiger partial charge in [-0.1, -0.05) is 0 Å². The van der Waals surface area contributed by atoms with Crippen LogP contribution in [0.2, 0.25) is 0 Å². The first-order chi connectivity index (χ1) is 17.1. The Morgan fingerprint density at radius 3 is 2.67 bits per heavy atom. The predicted octanol–water partition coefficient (Wildman–Crippen LogP) is 2.35. The van der Waals surface area contributed by atoms with Crippen LogP contribution in [0, 0.1) is 6.92 Å². The molecule has 0 amide bonds. The van der Waals surface area contributed by atoms with Crippen LogP contribution in [0.3, 0.4) is 0 Å². The summed E-state index contributed by atoms with van der Waals surface area (Å²) in [5, 5.41) is 15.0. The topological polar surface area (TPSA) is 127 Å². The van der Waals surface area contributed by atoms with E-state index in [9.17, 15) is 18.3 Å². The first-order valence-electron chi connectivity index (χ1n) is 13.1. The molecule has 198 valence electrons. The minimum absolute atomic E-state index is 0.0345. The molecule has 3 atom stereocenters. The van der Waals surface area contributed by atoms with Crippen molar-refractivity contribution in [3.8, 4) is 0 Å². The lowest BCUT2D eigenvalue weighted by Gasteiger charge is -2.32. The number of nitrogens with zero attached hydrogens (tertiary/aromatic N) is 4. The number of aromatic nitrogens is 3. The highest BCUT2D eigenvalue weighted by atomic mass is 32.2. The number of aliphatic hydroxyl groups is 1. The second-order valence-corrected chi connectivity index (χ2v) is 12.9. The SMILES string of the molecule is Cc1cc2cnc(NC3CCN(S(=O)(=O)CC[C@@H]4CCCO4)CC3)nc2n([C@H]2CCC[C@]2(C)O)c1=O. The largest absolute Gasteiger partial charge is 0.388 e. The minimum Gasteiger partial charge on any atom is -0.388 e. The van der Waals surface area contributed by atoms with Crippen LogP contribution in [0.15, 0.2) is 17.1 Å². The van der Waals surface area contributed by atoms with E-state index in [0.29, 0.717) is 55.9 Å². The molecule has 2 aromatic heterocycles.